The van der Waals surface area contributed by atoms with E-state index in [1.165, 1.54) is 6.07 Å². The third kappa shape index (κ3) is 3.69. The fraction of sp³-hybridized carbons (Fsp3) is 0.200. The fourth-order valence-electron chi connectivity index (χ4n) is 1.88. The van der Waals surface area contributed by atoms with E-state index in [1.54, 1.807) is 24.3 Å². The van der Waals surface area contributed by atoms with Gasteiger partial charge in [0.25, 0.3) is 0 Å². The number of rotatable bonds is 4. The Hall–Kier alpha value is -1.09. The molecule has 0 aliphatic carbocycles. The Balaban J connectivity index is 2.06. The lowest BCUT2D eigenvalue weighted by atomic mass is 10.1. The van der Waals surface area contributed by atoms with E-state index in [4.69, 9.17) is 23.2 Å². The lowest BCUT2D eigenvalue weighted by molar-refractivity contribution is 0.528. The van der Waals surface area contributed by atoms with E-state index in [1.807, 2.05) is 19.1 Å². The van der Waals surface area contributed by atoms with Crippen molar-refractivity contribution < 1.29 is 4.39 Å². The van der Waals surface area contributed by atoms with Gasteiger partial charge in [-0.3, -0.25) is 0 Å². The molecule has 0 heterocycles. The molecule has 0 radical (unpaired) electrons. The van der Waals surface area contributed by atoms with E-state index in [2.05, 4.69) is 5.32 Å². The average Bonchev–Trinajstić information content (AvgIpc) is 2.40. The van der Waals surface area contributed by atoms with Crippen LogP contribution in [0.25, 0.3) is 0 Å². The minimum Gasteiger partial charge on any atom is -0.306 e. The van der Waals surface area contributed by atoms with E-state index < -0.39 is 0 Å². The molecule has 0 spiro atoms. The summed E-state index contributed by atoms with van der Waals surface area (Å²) in [5, 5.41) is 4.53. The molecule has 0 aliphatic rings. The second-order valence-corrected chi connectivity index (χ2v) is 5.20. The van der Waals surface area contributed by atoms with Gasteiger partial charge in [0.2, 0.25) is 0 Å². The number of benzene rings is 2. The second kappa shape index (κ2) is 6.38. The van der Waals surface area contributed by atoms with Gasteiger partial charge in [-0.1, -0.05) is 41.4 Å². The Labute approximate surface area is 122 Å². The van der Waals surface area contributed by atoms with Crippen LogP contribution in [-0.2, 0) is 6.54 Å². The van der Waals surface area contributed by atoms with Crippen LogP contribution >= 0.6 is 23.2 Å². The van der Waals surface area contributed by atoms with Crippen molar-refractivity contribution in [3.63, 3.8) is 0 Å². The SMILES string of the molecule is CC(NCc1cc(Cl)ccc1Cl)c1ccccc1F. The summed E-state index contributed by atoms with van der Waals surface area (Å²) in [4.78, 5) is 0. The van der Waals surface area contributed by atoms with Crippen LogP contribution in [0.4, 0.5) is 4.39 Å². The standard InChI is InChI=1S/C15H14Cl2FN/c1-10(13-4-2-3-5-15(13)18)19-9-11-8-12(16)6-7-14(11)17/h2-8,10,19H,9H2,1H3. The molecule has 0 fully saturated rings. The van der Waals surface area contributed by atoms with Crippen molar-refractivity contribution in [2.75, 3.05) is 0 Å². The Bertz CT molecular complexity index is 572. The van der Waals surface area contributed by atoms with Crippen molar-refractivity contribution in [3.8, 4) is 0 Å². The smallest absolute Gasteiger partial charge is 0.127 e. The second-order valence-electron chi connectivity index (χ2n) is 4.36. The highest BCUT2D eigenvalue weighted by molar-refractivity contribution is 6.33. The molecule has 1 nitrogen and oxygen atoms in total. The number of nitrogens with one attached hydrogen (secondary N) is 1. The minimum absolute atomic E-state index is 0.101. The highest BCUT2D eigenvalue weighted by atomic mass is 35.5. The van der Waals surface area contributed by atoms with Crippen molar-refractivity contribution in [3.05, 3.63) is 69.5 Å². The zero-order valence-electron chi connectivity index (χ0n) is 10.5. The van der Waals surface area contributed by atoms with Gasteiger partial charge in [-0.2, -0.15) is 0 Å². The zero-order chi connectivity index (χ0) is 13.8. The van der Waals surface area contributed by atoms with Crippen molar-refractivity contribution in [1.29, 1.82) is 0 Å². The lowest BCUT2D eigenvalue weighted by Crippen LogP contribution is -2.19. The van der Waals surface area contributed by atoms with Crippen LogP contribution in [0.15, 0.2) is 42.5 Å². The largest absolute Gasteiger partial charge is 0.306 e. The Morgan fingerprint density at radius 2 is 1.89 bits per heavy atom. The molecule has 2 aromatic rings. The van der Waals surface area contributed by atoms with Crippen LogP contribution in [0.1, 0.15) is 24.1 Å². The first-order valence-electron chi connectivity index (χ1n) is 5.99. The average molecular weight is 298 g/mol. The molecule has 0 aromatic heterocycles. The van der Waals surface area contributed by atoms with Gasteiger partial charge in [0, 0.05) is 28.2 Å². The fourth-order valence-corrected chi connectivity index (χ4v) is 2.26. The molecule has 100 valence electrons. The molecular weight excluding hydrogens is 284 g/mol. The molecule has 4 heteroatoms. The molecule has 1 atom stereocenters. The summed E-state index contributed by atoms with van der Waals surface area (Å²) in [5.74, 6) is -0.209. The van der Waals surface area contributed by atoms with Gasteiger partial charge < -0.3 is 5.32 Å². The van der Waals surface area contributed by atoms with E-state index in [0.29, 0.717) is 22.2 Å². The molecule has 0 amide bonds. The normalized spacial score (nSPS) is 12.4. The maximum Gasteiger partial charge on any atom is 0.127 e. The first-order valence-corrected chi connectivity index (χ1v) is 6.75. The van der Waals surface area contributed by atoms with E-state index >= 15 is 0 Å². The highest BCUT2D eigenvalue weighted by Crippen LogP contribution is 2.22. The van der Waals surface area contributed by atoms with Gasteiger partial charge in [0.1, 0.15) is 5.82 Å². The van der Waals surface area contributed by atoms with Crippen molar-refractivity contribution in [2.24, 2.45) is 0 Å². The van der Waals surface area contributed by atoms with Gasteiger partial charge in [0.15, 0.2) is 0 Å². The molecule has 0 saturated heterocycles. The molecule has 19 heavy (non-hydrogen) atoms. The molecule has 0 bridgehead atoms. The predicted molar refractivity (Wildman–Crippen MR) is 78.1 cm³/mol. The molecule has 1 unspecified atom stereocenters. The third-order valence-corrected chi connectivity index (χ3v) is 3.58. The predicted octanol–water partition coefficient (Wildman–Crippen LogP) is 4.98. The summed E-state index contributed by atoms with van der Waals surface area (Å²) in [5.41, 5.74) is 1.54. The third-order valence-electron chi connectivity index (χ3n) is 2.98. The van der Waals surface area contributed by atoms with Crippen LogP contribution in [-0.4, -0.2) is 0 Å². The lowest BCUT2D eigenvalue weighted by Gasteiger charge is -2.15. The van der Waals surface area contributed by atoms with Gasteiger partial charge in [-0.15, -0.1) is 0 Å². The quantitative estimate of drug-likeness (QED) is 0.839. The number of halogens is 3. The molecule has 2 aromatic carbocycles. The number of hydrogen-bond acceptors (Lipinski definition) is 1. The monoisotopic (exact) mass is 297 g/mol. The highest BCUT2D eigenvalue weighted by Gasteiger charge is 2.10. The van der Waals surface area contributed by atoms with E-state index in [0.717, 1.165) is 5.56 Å². The molecule has 2 rings (SSSR count). The van der Waals surface area contributed by atoms with Crippen molar-refractivity contribution in [2.45, 2.75) is 19.5 Å². The molecule has 1 N–H and O–H groups in total. The maximum absolute atomic E-state index is 13.6. The van der Waals surface area contributed by atoms with Crippen LogP contribution in [0.3, 0.4) is 0 Å². The van der Waals surface area contributed by atoms with Gasteiger partial charge in [-0.25, -0.2) is 4.39 Å². The van der Waals surface area contributed by atoms with Gasteiger partial charge >= 0.3 is 0 Å². The van der Waals surface area contributed by atoms with Gasteiger partial charge in [0.05, 0.1) is 0 Å². The van der Waals surface area contributed by atoms with Crippen LogP contribution in [0.5, 0.6) is 0 Å². The topological polar surface area (TPSA) is 12.0 Å². The van der Waals surface area contributed by atoms with Crippen LogP contribution < -0.4 is 5.32 Å². The minimum atomic E-state index is -0.209. The van der Waals surface area contributed by atoms with Crippen LogP contribution in [0.2, 0.25) is 10.0 Å². The van der Waals surface area contributed by atoms with E-state index in [9.17, 15) is 4.39 Å². The van der Waals surface area contributed by atoms with Crippen molar-refractivity contribution >= 4 is 23.2 Å². The Morgan fingerprint density at radius 1 is 1.16 bits per heavy atom. The van der Waals surface area contributed by atoms with E-state index in [-0.39, 0.29) is 11.9 Å². The number of hydrogen-bond donors (Lipinski definition) is 1. The van der Waals surface area contributed by atoms with Crippen molar-refractivity contribution in [1.82, 2.24) is 5.32 Å². The first-order chi connectivity index (χ1) is 9.08. The summed E-state index contributed by atoms with van der Waals surface area (Å²) < 4.78 is 13.6. The summed E-state index contributed by atoms with van der Waals surface area (Å²) in [6.45, 7) is 2.45. The van der Waals surface area contributed by atoms with Crippen LogP contribution in [0, 0.1) is 5.82 Å². The molecular formula is C15H14Cl2FN. The zero-order valence-corrected chi connectivity index (χ0v) is 12.0. The Morgan fingerprint density at radius 3 is 2.63 bits per heavy atom. The molecule has 0 aliphatic heterocycles. The van der Waals surface area contributed by atoms with Gasteiger partial charge in [-0.05, 0) is 36.8 Å². The summed E-state index contributed by atoms with van der Waals surface area (Å²) in [7, 11) is 0. The summed E-state index contributed by atoms with van der Waals surface area (Å²) in [6.07, 6.45) is 0. The summed E-state index contributed by atoms with van der Waals surface area (Å²) >= 11 is 12.0. The maximum atomic E-state index is 13.6. The first kappa shape index (κ1) is 14.3. The molecule has 0 saturated carbocycles. The Kier molecular flexibility index (Phi) is 4.81. The summed E-state index contributed by atoms with van der Waals surface area (Å²) in [6, 6.07) is 11.9.